The summed E-state index contributed by atoms with van der Waals surface area (Å²) in [5.41, 5.74) is 2.21. The van der Waals surface area contributed by atoms with E-state index in [4.69, 9.17) is 9.47 Å². The summed E-state index contributed by atoms with van der Waals surface area (Å²) in [5.74, 6) is 1.54. The molecule has 0 saturated heterocycles. The zero-order chi connectivity index (χ0) is 14.7. The number of benzene rings is 2. The highest BCUT2D eigenvalue weighted by Crippen LogP contribution is 2.32. The van der Waals surface area contributed by atoms with Crippen LogP contribution < -0.4 is 14.8 Å². The molecule has 3 rings (SSSR count). The lowest BCUT2D eigenvalue weighted by Gasteiger charge is -2.06. The third-order valence-corrected chi connectivity index (χ3v) is 3.24. The van der Waals surface area contributed by atoms with E-state index in [-0.39, 0.29) is 24.9 Å². The number of nitrogens with zero attached hydrogens (tertiary/aromatic N) is 1. The summed E-state index contributed by atoms with van der Waals surface area (Å²) in [6, 6.07) is 12.4. The van der Waals surface area contributed by atoms with Crippen molar-refractivity contribution in [1.29, 1.82) is 0 Å². The van der Waals surface area contributed by atoms with E-state index in [0.29, 0.717) is 13.1 Å². The molecule has 2 aromatic carbocycles. The van der Waals surface area contributed by atoms with Gasteiger partial charge in [0.2, 0.25) is 6.79 Å². The molecule has 0 aromatic heterocycles. The van der Waals surface area contributed by atoms with Crippen molar-refractivity contribution >= 4 is 18.1 Å². The maximum absolute atomic E-state index is 10.6. The van der Waals surface area contributed by atoms with Gasteiger partial charge in [-0.05, 0) is 23.3 Å². The van der Waals surface area contributed by atoms with Crippen LogP contribution in [0, 0.1) is 10.1 Å². The second kappa shape index (κ2) is 7.11. The number of halogens is 1. The molecule has 0 spiro atoms. The van der Waals surface area contributed by atoms with Gasteiger partial charge in [0.15, 0.2) is 11.5 Å². The Morgan fingerprint density at radius 2 is 1.64 bits per heavy atom. The predicted octanol–water partition coefficient (Wildman–Crippen LogP) is 3.04. The minimum Gasteiger partial charge on any atom is -0.454 e. The Balaban J connectivity index is 0.00000176. The molecule has 7 heteroatoms. The predicted molar refractivity (Wildman–Crippen MR) is 83.5 cm³/mol. The van der Waals surface area contributed by atoms with Crippen LogP contribution in [-0.2, 0) is 13.1 Å². The van der Waals surface area contributed by atoms with E-state index in [0.717, 1.165) is 22.6 Å². The summed E-state index contributed by atoms with van der Waals surface area (Å²) in [5, 5.41) is 13.9. The van der Waals surface area contributed by atoms with Gasteiger partial charge in [-0.2, -0.15) is 0 Å². The van der Waals surface area contributed by atoms with Gasteiger partial charge in [-0.1, -0.05) is 18.2 Å². The van der Waals surface area contributed by atoms with Crippen LogP contribution in [0.2, 0.25) is 0 Å². The van der Waals surface area contributed by atoms with Crippen LogP contribution in [0.5, 0.6) is 11.5 Å². The molecule has 0 radical (unpaired) electrons. The second-order valence-electron chi connectivity index (χ2n) is 4.71. The average Bonchev–Trinajstić information content (AvgIpc) is 2.95. The summed E-state index contributed by atoms with van der Waals surface area (Å²) in [7, 11) is 0. The molecule has 1 heterocycles. The highest BCUT2D eigenvalue weighted by molar-refractivity contribution is 5.85. The first-order chi connectivity index (χ1) is 10.2. The van der Waals surface area contributed by atoms with E-state index in [2.05, 4.69) is 5.32 Å². The van der Waals surface area contributed by atoms with Crippen LogP contribution >= 0.6 is 12.4 Å². The van der Waals surface area contributed by atoms with Crippen LogP contribution in [0.25, 0.3) is 0 Å². The van der Waals surface area contributed by atoms with Gasteiger partial charge in [-0.25, -0.2) is 0 Å². The van der Waals surface area contributed by atoms with E-state index in [1.807, 2.05) is 18.2 Å². The number of hydrogen-bond acceptors (Lipinski definition) is 5. The summed E-state index contributed by atoms with van der Waals surface area (Å²) < 4.78 is 10.6. The number of nitrogens with one attached hydrogen (secondary N) is 1. The first-order valence-electron chi connectivity index (χ1n) is 6.55. The number of rotatable bonds is 5. The number of non-ortho nitro benzene ring substituents is 1. The van der Waals surface area contributed by atoms with Gasteiger partial charge in [0.25, 0.3) is 5.69 Å². The molecular formula is C15H15ClN2O4. The van der Waals surface area contributed by atoms with Gasteiger partial charge in [0, 0.05) is 25.2 Å². The quantitative estimate of drug-likeness (QED) is 0.676. The minimum atomic E-state index is -0.399. The van der Waals surface area contributed by atoms with Gasteiger partial charge < -0.3 is 14.8 Å². The molecule has 0 unspecified atom stereocenters. The van der Waals surface area contributed by atoms with Crippen molar-refractivity contribution in [2.45, 2.75) is 13.1 Å². The Kier molecular flexibility index (Phi) is 5.19. The molecule has 2 aromatic rings. The monoisotopic (exact) mass is 322 g/mol. The molecule has 22 heavy (non-hydrogen) atoms. The number of ether oxygens (including phenoxy) is 2. The Hall–Kier alpha value is -2.31. The highest BCUT2D eigenvalue weighted by atomic mass is 35.5. The fourth-order valence-electron chi connectivity index (χ4n) is 2.14. The Bertz CT molecular complexity index is 661. The molecule has 0 aliphatic carbocycles. The molecule has 1 N–H and O–H groups in total. The van der Waals surface area contributed by atoms with Gasteiger partial charge in [0.05, 0.1) is 4.92 Å². The lowest BCUT2D eigenvalue weighted by atomic mass is 10.2. The maximum Gasteiger partial charge on any atom is 0.269 e. The summed E-state index contributed by atoms with van der Waals surface area (Å²) in [6.07, 6.45) is 0. The van der Waals surface area contributed by atoms with Crippen LogP contribution in [0.3, 0.4) is 0 Å². The number of hydrogen-bond donors (Lipinski definition) is 1. The summed E-state index contributed by atoms with van der Waals surface area (Å²) >= 11 is 0. The van der Waals surface area contributed by atoms with Crippen molar-refractivity contribution in [3.63, 3.8) is 0 Å². The SMILES string of the molecule is Cl.O=[N+]([O-])c1ccc(CNCc2ccc3c(c2)OCO3)cc1. The normalized spacial score (nSPS) is 11.8. The minimum absolute atomic E-state index is 0. The van der Waals surface area contributed by atoms with Crippen molar-refractivity contribution in [3.8, 4) is 11.5 Å². The zero-order valence-corrected chi connectivity index (χ0v) is 12.5. The standard InChI is InChI=1S/C15H14N2O4.ClH/c18-17(19)13-4-1-11(2-5-13)8-16-9-12-3-6-14-15(7-12)21-10-20-14;/h1-7,16H,8-10H2;1H. The lowest BCUT2D eigenvalue weighted by molar-refractivity contribution is -0.384. The van der Waals surface area contributed by atoms with Gasteiger partial charge in [-0.15, -0.1) is 12.4 Å². The molecule has 1 aliphatic heterocycles. The van der Waals surface area contributed by atoms with Crippen molar-refractivity contribution in [2.75, 3.05) is 6.79 Å². The summed E-state index contributed by atoms with van der Waals surface area (Å²) in [4.78, 5) is 10.2. The Labute approximate surface area is 133 Å². The van der Waals surface area contributed by atoms with Crippen LogP contribution in [0.1, 0.15) is 11.1 Å². The van der Waals surface area contributed by atoms with Crippen molar-refractivity contribution in [3.05, 3.63) is 63.7 Å². The molecule has 0 bridgehead atoms. The van der Waals surface area contributed by atoms with Gasteiger partial charge >= 0.3 is 0 Å². The third-order valence-electron chi connectivity index (χ3n) is 3.24. The zero-order valence-electron chi connectivity index (χ0n) is 11.7. The molecule has 0 atom stereocenters. The molecule has 6 nitrogen and oxygen atoms in total. The number of nitro groups is 1. The van der Waals surface area contributed by atoms with E-state index >= 15 is 0 Å². The smallest absolute Gasteiger partial charge is 0.269 e. The third kappa shape index (κ3) is 3.66. The molecule has 0 fully saturated rings. The number of nitro benzene ring substituents is 1. The fraction of sp³-hybridized carbons (Fsp3) is 0.200. The van der Waals surface area contributed by atoms with Crippen LogP contribution in [0.15, 0.2) is 42.5 Å². The van der Waals surface area contributed by atoms with Crippen molar-refractivity contribution in [2.24, 2.45) is 0 Å². The first kappa shape index (κ1) is 16.1. The van der Waals surface area contributed by atoms with E-state index < -0.39 is 4.92 Å². The van der Waals surface area contributed by atoms with Crippen molar-refractivity contribution < 1.29 is 14.4 Å². The molecular weight excluding hydrogens is 308 g/mol. The van der Waals surface area contributed by atoms with E-state index in [9.17, 15) is 10.1 Å². The van der Waals surface area contributed by atoms with Crippen molar-refractivity contribution in [1.82, 2.24) is 5.32 Å². The molecule has 1 aliphatic rings. The van der Waals surface area contributed by atoms with E-state index in [1.165, 1.54) is 12.1 Å². The van der Waals surface area contributed by atoms with Gasteiger partial charge in [0.1, 0.15) is 0 Å². The molecule has 0 amide bonds. The topological polar surface area (TPSA) is 73.6 Å². The molecule has 116 valence electrons. The average molecular weight is 323 g/mol. The Morgan fingerprint density at radius 3 is 2.36 bits per heavy atom. The largest absolute Gasteiger partial charge is 0.454 e. The first-order valence-corrected chi connectivity index (χ1v) is 6.55. The second-order valence-corrected chi connectivity index (χ2v) is 4.71. The maximum atomic E-state index is 10.6. The lowest BCUT2D eigenvalue weighted by Crippen LogP contribution is -2.12. The van der Waals surface area contributed by atoms with Crippen LogP contribution in [0.4, 0.5) is 5.69 Å². The Morgan fingerprint density at radius 1 is 1.00 bits per heavy atom. The fourth-order valence-corrected chi connectivity index (χ4v) is 2.14. The molecule has 0 saturated carbocycles. The van der Waals surface area contributed by atoms with Gasteiger partial charge in [-0.3, -0.25) is 10.1 Å². The summed E-state index contributed by atoms with van der Waals surface area (Å²) in [6.45, 7) is 1.61. The highest BCUT2D eigenvalue weighted by Gasteiger charge is 2.12. The number of fused-ring (bicyclic) bond motifs is 1. The van der Waals surface area contributed by atoms with E-state index in [1.54, 1.807) is 12.1 Å². The van der Waals surface area contributed by atoms with Crippen LogP contribution in [-0.4, -0.2) is 11.7 Å².